The number of ether oxygens (including phenoxy) is 1. The van der Waals surface area contributed by atoms with Gasteiger partial charge in [-0.25, -0.2) is 4.68 Å². The highest BCUT2D eigenvalue weighted by Gasteiger charge is 2.29. The maximum Gasteiger partial charge on any atom is 0.307 e. The molecule has 0 saturated carbocycles. The first-order chi connectivity index (χ1) is 14.6. The van der Waals surface area contributed by atoms with Crippen LogP contribution in [0.2, 0.25) is 5.02 Å². The third-order valence-electron chi connectivity index (χ3n) is 5.33. The summed E-state index contributed by atoms with van der Waals surface area (Å²) in [5.41, 5.74) is 4.01. The van der Waals surface area contributed by atoms with E-state index in [1.54, 1.807) is 18.2 Å². The lowest BCUT2D eigenvalue weighted by Gasteiger charge is -2.19. The number of amides is 1. The van der Waals surface area contributed by atoms with Gasteiger partial charge in [-0.1, -0.05) is 48.0 Å². The number of aromatic nitrogens is 2. The van der Waals surface area contributed by atoms with Crippen LogP contribution in [0, 0.1) is 0 Å². The van der Waals surface area contributed by atoms with Crippen molar-refractivity contribution in [1.82, 2.24) is 15.1 Å². The van der Waals surface area contributed by atoms with E-state index in [1.807, 2.05) is 41.1 Å². The van der Waals surface area contributed by atoms with E-state index >= 15 is 0 Å². The van der Waals surface area contributed by atoms with Gasteiger partial charge in [0, 0.05) is 16.3 Å². The number of rotatable bonds is 6. The second-order valence-electron chi connectivity index (χ2n) is 7.20. The van der Waals surface area contributed by atoms with Gasteiger partial charge in [0.2, 0.25) is 0 Å². The minimum Gasteiger partial charge on any atom is -0.469 e. The standard InChI is InChI=1S/C23H22ClN3O3/c1-30-21(28)14-19(16-10-5-6-12-18(16)24)25-23(29)22-17-11-7-13-20(17)27(26-22)15-8-3-2-4-9-15/h2-6,8-10,12,19H,7,11,13-14H2,1H3,(H,25,29)/t19-/m0/s1. The van der Waals surface area contributed by atoms with Crippen LogP contribution in [-0.4, -0.2) is 28.8 Å². The summed E-state index contributed by atoms with van der Waals surface area (Å²) >= 11 is 6.33. The Kier molecular flexibility index (Phi) is 5.86. The van der Waals surface area contributed by atoms with Crippen LogP contribution in [0.25, 0.3) is 5.69 Å². The van der Waals surface area contributed by atoms with E-state index in [4.69, 9.17) is 16.3 Å². The molecule has 1 amide bonds. The van der Waals surface area contributed by atoms with Gasteiger partial charge in [0.05, 0.1) is 25.3 Å². The number of carbonyl (C=O) groups is 2. The Morgan fingerprint density at radius 2 is 1.87 bits per heavy atom. The van der Waals surface area contributed by atoms with E-state index in [0.29, 0.717) is 16.3 Å². The average Bonchev–Trinajstić information content (AvgIpc) is 3.37. The molecule has 154 valence electrons. The molecule has 0 bridgehead atoms. The van der Waals surface area contributed by atoms with Crippen molar-refractivity contribution in [1.29, 1.82) is 0 Å². The average molecular weight is 424 g/mol. The van der Waals surface area contributed by atoms with Crippen LogP contribution in [0.4, 0.5) is 0 Å². The van der Waals surface area contributed by atoms with Crippen molar-refractivity contribution in [2.75, 3.05) is 7.11 Å². The molecule has 3 aromatic rings. The number of methoxy groups -OCH3 is 1. The number of benzene rings is 2. The van der Waals surface area contributed by atoms with Crippen LogP contribution < -0.4 is 5.32 Å². The maximum absolute atomic E-state index is 13.2. The fraction of sp³-hybridized carbons (Fsp3) is 0.261. The van der Waals surface area contributed by atoms with E-state index in [1.165, 1.54) is 7.11 Å². The zero-order valence-electron chi connectivity index (χ0n) is 16.6. The molecule has 1 N–H and O–H groups in total. The van der Waals surface area contributed by atoms with Crippen LogP contribution in [-0.2, 0) is 22.4 Å². The highest BCUT2D eigenvalue weighted by molar-refractivity contribution is 6.31. The van der Waals surface area contributed by atoms with Crippen molar-refractivity contribution >= 4 is 23.5 Å². The van der Waals surface area contributed by atoms with Crippen molar-refractivity contribution in [3.8, 4) is 5.69 Å². The third kappa shape index (κ3) is 3.96. The van der Waals surface area contributed by atoms with Gasteiger partial charge in [0.15, 0.2) is 5.69 Å². The van der Waals surface area contributed by atoms with Gasteiger partial charge >= 0.3 is 5.97 Å². The third-order valence-corrected chi connectivity index (χ3v) is 5.67. The molecule has 0 spiro atoms. The van der Waals surface area contributed by atoms with Crippen molar-refractivity contribution in [2.45, 2.75) is 31.7 Å². The molecule has 0 radical (unpaired) electrons. The van der Waals surface area contributed by atoms with Crippen LogP contribution in [0.1, 0.15) is 46.2 Å². The van der Waals surface area contributed by atoms with E-state index in [9.17, 15) is 9.59 Å². The summed E-state index contributed by atoms with van der Waals surface area (Å²) in [6, 6.07) is 16.3. The van der Waals surface area contributed by atoms with Gasteiger partial charge in [-0.05, 0) is 43.0 Å². The van der Waals surface area contributed by atoms with Crippen LogP contribution in [0.5, 0.6) is 0 Å². The van der Waals surface area contributed by atoms with Gasteiger partial charge in [-0.2, -0.15) is 5.10 Å². The molecule has 6 nitrogen and oxygen atoms in total. The number of esters is 1. The number of nitrogens with one attached hydrogen (secondary N) is 1. The lowest BCUT2D eigenvalue weighted by molar-refractivity contribution is -0.141. The molecule has 7 heteroatoms. The molecule has 1 aliphatic carbocycles. The Morgan fingerprint density at radius 1 is 1.13 bits per heavy atom. The fourth-order valence-corrected chi connectivity index (χ4v) is 4.14. The number of carbonyl (C=O) groups excluding carboxylic acids is 2. The molecule has 1 aliphatic rings. The predicted molar refractivity (Wildman–Crippen MR) is 114 cm³/mol. The molecule has 0 fully saturated rings. The van der Waals surface area contributed by atoms with Gasteiger partial charge < -0.3 is 10.1 Å². The molecular weight excluding hydrogens is 402 g/mol. The molecule has 2 aromatic carbocycles. The molecule has 0 aliphatic heterocycles. The number of halogens is 1. The number of nitrogens with zero attached hydrogens (tertiary/aromatic N) is 2. The minimum absolute atomic E-state index is 0.0203. The van der Waals surface area contributed by atoms with E-state index < -0.39 is 12.0 Å². The minimum atomic E-state index is -0.613. The molecule has 1 aromatic heterocycles. The predicted octanol–water partition coefficient (Wildman–Crippen LogP) is 4.05. The van der Waals surface area contributed by atoms with Crippen LogP contribution >= 0.6 is 11.6 Å². The first-order valence-corrected chi connectivity index (χ1v) is 10.2. The molecule has 1 atom stereocenters. The zero-order chi connectivity index (χ0) is 21.1. The Balaban J connectivity index is 1.67. The SMILES string of the molecule is COC(=O)C[C@H](NC(=O)c1nn(-c2ccccc2)c2c1CCC2)c1ccccc1Cl. The Bertz CT molecular complexity index is 1080. The molecule has 30 heavy (non-hydrogen) atoms. The van der Waals surface area contributed by atoms with E-state index in [0.717, 1.165) is 36.2 Å². The summed E-state index contributed by atoms with van der Waals surface area (Å²) in [6.07, 6.45) is 2.64. The Morgan fingerprint density at radius 3 is 2.60 bits per heavy atom. The number of para-hydroxylation sites is 1. The van der Waals surface area contributed by atoms with Crippen LogP contribution in [0.15, 0.2) is 54.6 Å². The lowest BCUT2D eigenvalue weighted by Crippen LogP contribution is -2.31. The maximum atomic E-state index is 13.2. The first-order valence-electron chi connectivity index (χ1n) is 9.86. The van der Waals surface area contributed by atoms with Crippen LogP contribution in [0.3, 0.4) is 0 Å². The van der Waals surface area contributed by atoms with Gasteiger partial charge in [0.1, 0.15) is 0 Å². The quantitative estimate of drug-likeness (QED) is 0.607. The van der Waals surface area contributed by atoms with E-state index in [-0.39, 0.29) is 12.3 Å². The monoisotopic (exact) mass is 423 g/mol. The number of hydrogen-bond donors (Lipinski definition) is 1. The summed E-state index contributed by atoms with van der Waals surface area (Å²) in [7, 11) is 1.32. The zero-order valence-corrected chi connectivity index (χ0v) is 17.4. The van der Waals surface area contributed by atoms with E-state index in [2.05, 4.69) is 10.4 Å². The van der Waals surface area contributed by atoms with Gasteiger partial charge in [-0.3, -0.25) is 9.59 Å². The second kappa shape index (κ2) is 8.71. The van der Waals surface area contributed by atoms with Gasteiger partial charge in [-0.15, -0.1) is 0 Å². The molecule has 1 heterocycles. The largest absolute Gasteiger partial charge is 0.469 e. The summed E-state index contributed by atoms with van der Waals surface area (Å²) in [5, 5.41) is 8.05. The molecular formula is C23H22ClN3O3. The molecule has 0 unspecified atom stereocenters. The van der Waals surface area contributed by atoms with Crippen molar-refractivity contribution in [3.05, 3.63) is 82.1 Å². The summed E-state index contributed by atoms with van der Waals surface area (Å²) in [5.74, 6) is -0.753. The summed E-state index contributed by atoms with van der Waals surface area (Å²) in [4.78, 5) is 25.2. The highest BCUT2D eigenvalue weighted by atomic mass is 35.5. The van der Waals surface area contributed by atoms with Gasteiger partial charge in [0.25, 0.3) is 5.91 Å². The van der Waals surface area contributed by atoms with Crippen molar-refractivity contribution in [2.24, 2.45) is 0 Å². The Labute approximate surface area is 179 Å². The smallest absolute Gasteiger partial charge is 0.307 e. The number of hydrogen-bond acceptors (Lipinski definition) is 4. The topological polar surface area (TPSA) is 73.2 Å². The fourth-order valence-electron chi connectivity index (χ4n) is 3.88. The lowest BCUT2D eigenvalue weighted by atomic mass is 10.0. The van der Waals surface area contributed by atoms with Crippen molar-refractivity contribution in [3.63, 3.8) is 0 Å². The second-order valence-corrected chi connectivity index (χ2v) is 7.61. The first kappa shape index (κ1) is 20.2. The summed E-state index contributed by atoms with van der Waals surface area (Å²) < 4.78 is 6.66. The summed E-state index contributed by atoms with van der Waals surface area (Å²) in [6.45, 7) is 0. The van der Waals surface area contributed by atoms with Crippen molar-refractivity contribution < 1.29 is 14.3 Å². The molecule has 0 saturated heterocycles. The Hall–Kier alpha value is -3.12. The normalized spacial score (nSPS) is 13.5. The number of fused-ring (bicyclic) bond motifs is 1. The highest BCUT2D eigenvalue weighted by Crippen LogP contribution is 2.30. The molecule has 4 rings (SSSR count).